The van der Waals surface area contributed by atoms with Gasteiger partial charge in [0.15, 0.2) is 0 Å². The lowest BCUT2D eigenvalue weighted by Crippen LogP contribution is -2.34. The van der Waals surface area contributed by atoms with E-state index in [0.717, 1.165) is 0 Å². The molecule has 0 saturated carbocycles. The van der Waals surface area contributed by atoms with Gasteiger partial charge >= 0.3 is 0 Å². The number of anilines is 2. The molecule has 2 amide bonds. The van der Waals surface area contributed by atoms with Crippen LogP contribution in [-0.4, -0.2) is 48.6 Å². The Hall–Kier alpha value is -2.28. The molecule has 1 unspecified atom stereocenters. The molecule has 0 aliphatic rings. The molecule has 7 nitrogen and oxygen atoms in total. The fourth-order valence-electron chi connectivity index (χ4n) is 1.44. The number of carbonyl (C=O) groups excluding carboxylic acids is 2. The number of nitrogens with zero attached hydrogens (tertiary/aromatic N) is 1. The monoisotopic (exact) mass is 266 g/mol. The number of hydrogen-bond acceptors (Lipinski definition) is 5. The maximum absolute atomic E-state index is 11.9. The summed E-state index contributed by atoms with van der Waals surface area (Å²) in [4.78, 5) is 24.1. The van der Waals surface area contributed by atoms with E-state index in [1.165, 1.54) is 4.90 Å². The third kappa shape index (κ3) is 3.85. The highest BCUT2D eigenvalue weighted by Gasteiger charge is 2.16. The normalized spacial score (nSPS) is 11.7. The number of hydrogen-bond donors (Lipinski definition) is 4. The van der Waals surface area contributed by atoms with Crippen molar-refractivity contribution in [1.29, 1.82) is 0 Å². The van der Waals surface area contributed by atoms with Crippen LogP contribution in [0.4, 0.5) is 11.4 Å². The average Bonchev–Trinajstić information content (AvgIpc) is 2.34. The van der Waals surface area contributed by atoms with Gasteiger partial charge in [0.25, 0.3) is 5.91 Å². The van der Waals surface area contributed by atoms with Crippen molar-refractivity contribution < 1.29 is 14.7 Å². The molecule has 1 atom stereocenters. The minimum Gasteiger partial charge on any atom is -0.399 e. The fraction of sp³-hybridized carbons (Fsp3) is 0.333. The van der Waals surface area contributed by atoms with Crippen LogP contribution in [0, 0.1) is 0 Å². The standard InChI is InChI=1S/C12H18N4O3/c1-16(2)12(19)8-4-3-7(13)5-9(8)15-6-10(17)11(14)18/h3-5,10,15,17H,6,13H2,1-2H3,(H2,14,18). The van der Waals surface area contributed by atoms with Crippen molar-refractivity contribution in [3.8, 4) is 0 Å². The van der Waals surface area contributed by atoms with Crippen LogP contribution in [0.15, 0.2) is 18.2 Å². The Morgan fingerprint density at radius 3 is 2.58 bits per heavy atom. The smallest absolute Gasteiger partial charge is 0.255 e. The first kappa shape index (κ1) is 14.8. The SMILES string of the molecule is CN(C)C(=O)c1ccc(N)cc1NCC(O)C(N)=O. The molecule has 1 rings (SSSR count). The van der Waals surface area contributed by atoms with E-state index in [9.17, 15) is 14.7 Å². The average molecular weight is 266 g/mol. The third-order valence-corrected chi connectivity index (χ3v) is 2.49. The van der Waals surface area contributed by atoms with Crippen LogP contribution in [0.25, 0.3) is 0 Å². The largest absolute Gasteiger partial charge is 0.399 e. The molecule has 0 heterocycles. The number of rotatable bonds is 5. The second kappa shape index (κ2) is 6.05. The molecule has 1 aromatic rings. The van der Waals surface area contributed by atoms with E-state index in [0.29, 0.717) is 16.9 Å². The van der Waals surface area contributed by atoms with Crippen LogP contribution in [0.3, 0.4) is 0 Å². The molecule has 7 heteroatoms. The van der Waals surface area contributed by atoms with Gasteiger partial charge in [0, 0.05) is 32.0 Å². The van der Waals surface area contributed by atoms with E-state index < -0.39 is 12.0 Å². The number of nitrogens with one attached hydrogen (secondary N) is 1. The predicted molar refractivity (Wildman–Crippen MR) is 72.6 cm³/mol. The van der Waals surface area contributed by atoms with Crippen LogP contribution in [0.1, 0.15) is 10.4 Å². The first-order valence-electron chi connectivity index (χ1n) is 5.65. The highest BCUT2D eigenvalue weighted by atomic mass is 16.3. The fourth-order valence-corrected chi connectivity index (χ4v) is 1.44. The lowest BCUT2D eigenvalue weighted by molar-refractivity contribution is -0.125. The molecule has 19 heavy (non-hydrogen) atoms. The number of benzene rings is 1. The number of aliphatic hydroxyl groups excluding tert-OH is 1. The van der Waals surface area contributed by atoms with E-state index in [1.807, 2.05) is 0 Å². The molecule has 0 radical (unpaired) electrons. The van der Waals surface area contributed by atoms with Gasteiger partial charge in [-0.3, -0.25) is 9.59 Å². The van der Waals surface area contributed by atoms with Crippen molar-refractivity contribution in [2.75, 3.05) is 31.7 Å². The molecular formula is C12H18N4O3. The van der Waals surface area contributed by atoms with Gasteiger partial charge < -0.3 is 26.8 Å². The summed E-state index contributed by atoms with van der Waals surface area (Å²) in [6.07, 6.45) is -1.33. The van der Waals surface area contributed by atoms with E-state index in [2.05, 4.69) is 5.32 Å². The number of carbonyl (C=O) groups is 2. The van der Waals surface area contributed by atoms with Crippen molar-refractivity contribution in [3.05, 3.63) is 23.8 Å². The Morgan fingerprint density at radius 1 is 1.42 bits per heavy atom. The molecule has 6 N–H and O–H groups in total. The highest BCUT2D eigenvalue weighted by Crippen LogP contribution is 2.20. The zero-order chi connectivity index (χ0) is 14.6. The third-order valence-electron chi connectivity index (χ3n) is 2.49. The molecule has 0 saturated heterocycles. The molecule has 104 valence electrons. The summed E-state index contributed by atoms with van der Waals surface area (Å²) in [5.74, 6) is -1.05. The number of nitrogen functional groups attached to an aromatic ring is 1. The highest BCUT2D eigenvalue weighted by molar-refractivity contribution is 6.00. The summed E-state index contributed by atoms with van der Waals surface area (Å²) in [5.41, 5.74) is 11.9. The summed E-state index contributed by atoms with van der Waals surface area (Å²) in [7, 11) is 3.25. The summed E-state index contributed by atoms with van der Waals surface area (Å²) >= 11 is 0. The van der Waals surface area contributed by atoms with Crippen molar-refractivity contribution in [2.45, 2.75) is 6.10 Å². The van der Waals surface area contributed by atoms with Gasteiger partial charge in [-0.2, -0.15) is 0 Å². The molecule has 0 bridgehead atoms. The Morgan fingerprint density at radius 2 is 2.05 bits per heavy atom. The molecule has 0 spiro atoms. The van der Waals surface area contributed by atoms with Gasteiger partial charge in [0.1, 0.15) is 6.10 Å². The van der Waals surface area contributed by atoms with Crippen LogP contribution >= 0.6 is 0 Å². The topological polar surface area (TPSA) is 122 Å². The summed E-state index contributed by atoms with van der Waals surface area (Å²) in [5, 5.41) is 12.1. The first-order valence-corrected chi connectivity index (χ1v) is 5.65. The molecule has 0 aliphatic heterocycles. The minimum absolute atomic E-state index is 0.0908. The zero-order valence-electron chi connectivity index (χ0n) is 10.9. The van der Waals surface area contributed by atoms with Crippen molar-refractivity contribution in [3.63, 3.8) is 0 Å². The first-order chi connectivity index (χ1) is 8.82. The number of amides is 2. The Labute approximate surface area is 111 Å². The van der Waals surface area contributed by atoms with Gasteiger partial charge in [0.2, 0.25) is 5.91 Å². The number of aliphatic hydroxyl groups is 1. The number of nitrogens with two attached hydrogens (primary N) is 2. The lowest BCUT2D eigenvalue weighted by Gasteiger charge is -2.17. The second-order valence-electron chi connectivity index (χ2n) is 4.30. The van der Waals surface area contributed by atoms with Crippen LogP contribution in [0.5, 0.6) is 0 Å². The quantitative estimate of drug-likeness (QED) is 0.521. The summed E-state index contributed by atoms with van der Waals surface area (Å²) in [6, 6.07) is 4.74. The molecule has 0 fully saturated rings. The Kier molecular flexibility index (Phi) is 4.71. The van der Waals surface area contributed by atoms with Gasteiger partial charge in [-0.1, -0.05) is 0 Å². The minimum atomic E-state index is -1.33. The predicted octanol–water partition coefficient (Wildman–Crippen LogP) is -0.771. The maximum atomic E-state index is 11.9. The molecule has 0 aromatic heterocycles. The van der Waals surface area contributed by atoms with Crippen molar-refractivity contribution in [1.82, 2.24) is 4.90 Å². The zero-order valence-corrected chi connectivity index (χ0v) is 10.9. The number of primary amides is 1. The van der Waals surface area contributed by atoms with Crippen molar-refractivity contribution in [2.24, 2.45) is 5.73 Å². The van der Waals surface area contributed by atoms with Gasteiger partial charge in [-0.05, 0) is 18.2 Å². The van der Waals surface area contributed by atoms with Gasteiger partial charge in [-0.25, -0.2) is 0 Å². The van der Waals surface area contributed by atoms with E-state index in [1.54, 1.807) is 32.3 Å². The van der Waals surface area contributed by atoms with Crippen molar-refractivity contribution >= 4 is 23.2 Å². The van der Waals surface area contributed by atoms with Crippen LogP contribution in [0.2, 0.25) is 0 Å². The Balaban J connectivity index is 2.95. The van der Waals surface area contributed by atoms with E-state index in [-0.39, 0.29) is 12.5 Å². The van der Waals surface area contributed by atoms with Crippen LogP contribution in [-0.2, 0) is 4.79 Å². The molecule has 0 aliphatic carbocycles. The second-order valence-corrected chi connectivity index (χ2v) is 4.30. The molecule has 1 aromatic carbocycles. The van der Waals surface area contributed by atoms with E-state index in [4.69, 9.17) is 11.5 Å². The van der Waals surface area contributed by atoms with Gasteiger partial charge in [-0.15, -0.1) is 0 Å². The summed E-state index contributed by atoms with van der Waals surface area (Å²) in [6.45, 7) is -0.0908. The lowest BCUT2D eigenvalue weighted by atomic mass is 10.1. The van der Waals surface area contributed by atoms with E-state index >= 15 is 0 Å². The van der Waals surface area contributed by atoms with Gasteiger partial charge in [0.05, 0.1) is 5.56 Å². The maximum Gasteiger partial charge on any atom is 0.255 e. The Bertz CT molecular complexity index is 488. The summed E-state index contributed by atoms with van der Waals surface area (Å²) < 4.78 is 0. The van der Waals surface area contributed by atoms with Crippen LogP contribution < -0.4 is 16.8 Å². The molecular weight excluding hydrogens is 248 g/mol.